The molecular formula is C30H48BO2P. The van der Waals surface area contributed by atoms with Crippen LogP contribution >= 0.6 is 7.80 Å². The van der Waals surface area contributed by atoms with Crippen LogP contribution < -0.4 is 20.1 Å². The van der Waals surface area contributed by atoms with Gasteiger partial charge in [0.2, 0.25) is 0 Å². The summed E-state index contributed by atoms with van der Waals surface area (Å²) in [5, 5.41) is 2.80. The van der Waals surface area contributed by atoms with Gasteiger partial charge in [0.25, 0.3) is 0 Å². The smallest absolute Gasteiger partial charge is 0.145 e. The van der Waals surface area contributed by atoms with Gasteiger partial charge in [0.1, 0.15) is 19.1 Å². The van der Waals surface area contributed by atoms with Crippen LogP contribution in [-0.4, -0.2) is 21.8 Å². The average molecular weight is 482 g/mol. The van der Waals surface area contributed by atoms with Gasteiger partial charge in [0.15, 0.2) is 0 Å². The lowest BCUT2D eigenvalue weighted by atomic mass is 9.79. The van der Waals surface area contributed by atoms with E-state index >= 15 is 0 Å². The number of hydrogen-bond acceptors (Lipinski definition) is 2. The predicted octanol–water partition coefficient (Wildman–Crippen LogP) is 6.87. The van der Waals surface area contributed by atoms with Crippen LogP contribution in [0, 0.1) is 0 Å². The zero-order chi connectivity index (χ0) is 26.4. The van der Waals surface area contributed by atoms with Crippen molar-refractivity contribution in [1.82, 2.24) is 0 Å². The van der Waals surface area contributed by atoms with Crippen LogP contribution in [0.5, 0.6) is 11.5 Å². The average Bonchev–Trinajstić information content (AvgIpc) is 2.68. The number of methoxy groups -OCH3 is 2. The van der Waals surface area contributed by atoms with E-state index in [1.54, 1.807) is 0 Å². The Kier molecular flexibility index (Phi) is 8.07. The molecule has 0 saturated carbocycles. The van der Waals surface area contributed by atoms with E-state index < -0.39 is 7.80 Å². The van der Waals surface area contributed by atoms with E-state index in [1.165, 1.54) is 32.9 Å². The standard InChI is InChI=1S/C30H48BO2P/c1-27(2,3)21-15-19(16-22(25(21)32-13)28(4,5)6)34(31)20-17-23(29(7,8)9)26(33-14)24(18-20)30(10,11)12/h15-18H,31H2,1-14H3. The molecule has 0 fully saturated rings. The second-order valence-electron chi connectivity index (χ2n) is 13.7. The molecule has 0 atom stereocenters. The van der Waals surface area contributed by atoms with Crippen LogP contribution in [0.3, 0.4) is 0 Å². The molecule has 0 aromatic heterocycles. The molecule has 2 nitrogen and oxygen atoms in total. The maximum absolute atomic E-state index is 6.02. The largest absolute Gasteiger partial charge is 0.496 e. The third kappa shape index (κ3) is 6.02. The minimum Gasteiger partial charge on any atom is -0.496 e. The number of benzene rings is 2. The Morgan fingerprint density at radius 1 is 0.500 bits per heavy atom. The molecule has 188 valence electrons. The monoisotopic (exact) mass is 482 g/mol. The lowest BCUT2D eigenvalue weighted by Gasteiger charge is -2.33. The molecule has 0 aliphatic heterocycles. The normalized spacial score (nSPS) is 13.4. The van der Waals surface area contributed by atoms with Crippen LogP contribution in [0.1, 0.15) is 105 Å². The summed E-state index contributed by atoms with van der Waals surface area (Å²) in [4.78, 5) is 0. The minimum absolute atomic E-state index is 0.00935. The molecule has 0 radical (unpaired) electrons. The molecule has 2 aromatic rings. The van der Waals surface area contributed by atoms with Crippen molar-refractivity contribution in [3.63, 3.8) is 0 Å². The second-order valence-corrected chi connectivity index (χ2v) is 15.9. The van der Waals surface area contributed by atoms with Crippen LogP contribution in [0.25, 0.3) is 0 Å². The molecule has 2 aromatic carbocycles. The third-order valence-corrected chi connectivity index (χ3v) is 8.63. The first kappa shape index (κ1) is 28.8. The van der Waals surface area contributed by atoms with Crippen molar-refractivity contribution < 1.29 is 9.47 Å². The van der Waals surface area contributed by atoms with Crippen molar-refractivity contribution in [3.05, 3.63) is 46.5 Å². The maximum atomic E-state index is 6.02. The van der Waals surface area contributed by atoms with Crippen LogP contribution in [0.4, 0.5) is 0 Å². The Morgan fingerprint density at radius 2 is 0.706 bits per heavy atom. The lowest BCUT2D eigenvalue weighted by molar-refractivity contribution is 0.381. The first-order chi connectivity index (χ1) is 15.2. The Balaban J connectivity index is 2.90. The summed E-state index contributed by atoms with van der Waals surface area (Å²) in [5.74, 6) is 2.07. The number of hydrogen-bond donors (Lipinski definition) is 0. The van der Waals surface area contributed by atoms with Crippen LogP contribution in [0.2, 0.25) is 0 Å². The van der Waals surface area contributed by atoms with Crippen molar-refractivity contribution in [3.8, 4) is 11.5 Å². The van der Waals surface area contributed by atoms with Crippen molar-refractivity contribution >= 4 is 26.0 Å². The maximum Gasteiger partial charge on any atom is 0.145 e. The van der Waals surface area contributed by atoms with Crippen molar-refractivity contribution in [1.29, 1.82) is 0 Å². The summed E-state index contributed by atoms with van der Waals surface area (Å²) < 4.78 is 12.0. The van der Waals surface area contributed by atoms with Gasteiger partial charge in [-0.3, -0.25) is 0 Å². The molecule has 0 aliphatic carbocycles. The molecule has 0 saturated heterocycles. The van der Waals surface area contributed by atoms with Gasteiger partial charge in [0.05, 0.1) is 14.2 Å². The Morgan fingerprint density at radius 3 is 0.853 bits per heavy atom. The second kappa shape index (κ2) is 9.53. The molecule has 0 spiro atoms. The highest BCUT2D eigenvalue weighted by Gasteiger charge is 2.31. The highest BCUT2D eigenvalue weighted by Crippen LogP contribution is 2.44. The molecule has 0 amide bonds. The number of rotatable bonds is 4. The molecule has 4 heteroatoms. The zero-order valence-corrected chi connectivity index (χ0v) is 25.5. The van der Waals surface area contributed by atoms with Gasteiger partial charge in [-0.1, -0.05) is 90.9 Å². The number of ether oxygens (including phenoxy) is 2. The zero-order valence-electron chi connectivity index (χ0n) is 24.6. The van der Waals surface area contributed by atoms with Gasteiger partial charge in [-0.05, 0) is 56.5 Å². The van der Waals surface area contributed by atoms with E-state index in [2.05, 4.69) is 115 Å². The first-order valence-electron chi connectivity index (χ1n) is 12.4. The van der Waals surface area contributed by atoms with Crippen molar-refractivity contribution in [2.45, 2.75) is 105 Å². The SMILES string of the molecule is BP(c1cc(C(C)(C)C)c(OC)c(C(C)(C)C)c1)c1cc(C(C)(C)C)c(OC)c(C(C)(C)C)c1. The lowest BCUT2D eigenvalue weighted by Crippen LogP contribution is -2.26. The van der Waals surface area contributed by atoms with E-state index in [1.807, 2.05) is 14.2 Å². The van der Waals surface area contributed by atoms with E-state index in [0.29, 0.717) is 0 Å². The summed E-state index contributed by atoms with van der Waals surface area (Å²) >= 11 is 0. The molecule has 2 rings (SSSR count). The van der Waals surface area contributed by atoms with Crippen LogP contribution in [0.15, 0.2) is 24.3 Å². The van der Waals surface area contributed by atoms with Gasteiger partial charge in [-0.25, -0.2) is 0 Å². The molecule has 0 bridgehead atoms. The summed E-state index contributed by atoms with van der Waals surface area (Å²) in [5.41, 5.74) is 5.10. The summed E-state index contributed by atoms with van der Waals surface area (Å²) in [6.07, 6.45) is 0. The predicted molar refractivity (Wildman–Crippen MR) is 156 cm³/mol. The summed E-state index contributed by atoms with van der Waals surface area (Å²) in [7, 11) is 5.45. The Labute approximate surface area is 212 Å². The minimum atomic E-state index is -0.570. The van der Waals surface area contributed by atoms with Gasteiger partial charge in [-0.2, -0.15) is 0 Å². The van der Waals surface area contributed by atoms with Gasteiger partial charge < -0.3 is 9.47 Å². The van der Waals surface area contributed by atoms with Crippen molar-refractivity contribution in [2.24, 2.45) is 0 Å². The fourth-order valence-electron chi connectivity index (χ4n) is 4.43. The van der Waals surface area contributed by atoms with Gasteiger partial charge >= 0.3 is 0 Å². The fraction of sp³-hybridized carbons (Fsp3) is 0.600. The van der Waals surface area contributed by atoms with E-state index in [4.69, 9.17) is 9.47 Å². The van der Waals surface area contributed by atoms with E-state index in [0.717, 1.165) is 11.5 Å². The van der Waals surface area contributed by atoms with Crippen molar-refractivity contribution in [2.75, 3.05) is 14.2 Å². The molecule has 0 N–H and O–H groups in total. The highest BCUT2D eigenvalue weighted by atomic mass is 31.1. The summed E-state index contributed by atoms with van der Waals surface area (Å²) in [6.45, 7) is 27.4. The van der Waals surface area contributed by atoms with Crippen LogP contribution in [-0.2, 0) is 21.7 Å². The third-order valence-electron chi connectivity index (χ3n) is 6.56. The van der Waals surface area contributed by atoms with Gasteiger partial charge in [0, 0.05) is 22.3 Å². The first-order valence-corrected chi connectivity index (χ1v) is 14.2. The highest BCUT2D eigenvalue weighted by molar-refractivity contribution is 7.94. The van der Waals surface area contributed by atoms with E-state index in [-0.39, 0.29) is 21.7 Å². The summed E-state index contributed by atoms with van der Waals surface area (Å²) in [6, 6.07) is 9.60. The topological polar surface area (TPSA) is 18.5 Å². The molecule has 0 heterocycles. The molecule has 34 heavy (non-hydrogen) atoms. The Bertz CT molecular complexity index is 874. The van der Waals surface area contributed by atoms with E-state index in [9.17, 15) is 0 Å². The molecule has 0 aliphatic rings. The van der Waals surface area contributed by atoms with Gasteiger partial charge in [-0.15, -0.1) is 0 Å². The molecule has 0 unspecified atom stereocenters. The fourth-order valence-corrected chi connectivity index (χ4v) is 6.02. The quantitative estimate of drug-likeness (QED) is 0.350. The Hall–Kier alpha value is -1.47. The molecular weight excluding hydrogens is 434 g/mol.